The molecule has 0 bridgehead atoms. The van der Waals surface area contributed by atoms with Gasteiger partial charge in [0.1, 0.15) is 0 Å². The summed E-state index contributed by atoms with van der Waals surface area (Å²) in [6.07, 6.45) is 7.21. The summed E-state index contributed by atoms with van der Waals surface area (Å²) in [6, 6.07) is 9.29. The molecule has 1 N–H and O–H groups in total. The van der Waals surface area contributed by atoms with E-state index in [1.54, 1.807) is 0 Å². The number of nitrogens with zero attached hydrogens (tertiary/aromatic N) is 1. The number of aromatic nitrogens is 1. The molecule has 0 fully saturated rings. The number of hydrogen-bond acceptors (Lipinski definition) is 2. The van der Waals surface area contributed by atoms with Gasteiger partial charge in [0.2, 0.25) is 0 Å². The first-order chi connectivity index (χ1) is 9.20. The van der Waals surface area contributed by atoms with Crippen LogP contribution >= 0.6 is 15.9 Å². The first-order valence-corrected chi connectivity index (χ1v) is 7.45. The highest BCUT2D eigenvalue weighted by Crippen LogP contribution is 2.26. The van der Waals surface area contributed by atoms with E-state index in [1.165, 1.54) is 27.6 Å². The highest BCUT2D eigenvalue weighted by molar-refractivity contribution is 9.10. The summed E-state index contributed by atoms with van der Waals surface area (Å²) in [6.45, 7) is 2.08. The molecule has 0 aliphatic heterocycles. The minimum Gasteiger partial charge on any atom is -0.381 e. The van der Waals surface area contributed by atoms with Gasteiger partial charge in [-0.1, -0.05) is 22.0 Å². The number of pyridine rings is 1. The van der Waals surface area contributed by atoms with Gasteiger partial charge < -0.3 is 5.32 Å². The Morgan fingerprint density at radius 2 is 2.11 bits per heavy atom. The van der Waals surface area contributed by atoms with E-state index in [2.05, 4.69) is 57.4 Å². The first kappa shape index (κ1) is 12.7. The monoisotopic (exact) mass is 316 g/mol. The van der Waals surface area contributed by atoms with Crippen molar-refractivity contribution in [1.29, 1.82) is 0 Å². The Morgan fingerprint density at radius 3 is 2.95 bits per heavy atom. The first-order valence-electron chi connectivity index (χ1n) is 6.66. The summed E-state index contributed by atoms with van der Waals surface area (Å²) < 4.78 is 1.18. The summed E-state index contributed by atoms with van der Waals surface area (Å²) in [5, 5.41) is 3.60. The van der Waals surface area contributed by atoms with Crippen LogP contribution in [0.2, 0.25) is 0 Å². The van der Waals surface area contributed by atoms with Crippen molar-refractivity contribution in [3.8, 4) is 0 Å². The predicted octanol–water partition coefficient (Wildman–Crippen LogP) is 4.12. The Hall–Kier alpha value is -1.35. The zero-order chi connectivity index (χ0) is 13.2. The van der Waals surface area contributed by atoms with Gasteiger partial charge in [-0.25, -0.2) is 0 Å². The third-order valence-electron chi connectivity index (χ3n) is 3.64. The Kier molecular flexibility index (Phi) is 3.56. The molecule has 19 heavy (non-hydrogen) atoms. The van der Waals surface area contributed by atoms with Crippen molar-refractivity contribution in [2.45, 2.75) is 32.2 Å². The molecule has 1 aromatic heterocycles. The van der Waals surface area contributed by atoms with Crippen LogP contribution in [0.15, 0.2) is 41.1 Å². The smallest absolute Gasteiger partial charge is 0.0531 e. The van der Waals surface area contributed by atoms with Gasteiger partial charge in [-0.15, -0.1) is 0 Å². The maximum atomic E-state index is 4.24. The van der Waals surface area contributed by atoms with E-state index in [1.807, 2.05) is 12.4 Å². The normalized spacial score (nSPS) is 17.9. The van der Waals surface area contributed by atoms with Gasteiger partial charge in [-0.3, -0.25) is 4.98 Å². The SMILES string of the molecule is Cc1cncc(NC2CCc3cc(Br)ccc3C2)c1. The van der Waals surface area contributed by atoms with Crippen LogP contribution in [0.4, 0.5) is 5.69 Å². The molecule has 1 atom stereocenters. The molecule has 1 aliphatic carbocycles. The Balaban J connectivity index is 1.74. The van der Waals surface area contributed by atoms with Crippen LogP contribution in [-0.2, 0) is 12.8 Å². The van der Waals surface area contributed by atoms with Gasteiger partial charge in [0.05, 0.1) is 5.69 Å². The van der Waals surface area contributed by atoms with Crippen LogP contribution in [0.5, 0.6) is 0 Å². The molecule has 3 rings (SSSR count). The van der Waals surface area contributed by atoms with Crippen LogP contribution in [0.3, 0.4) is 0 Å². The molecule has 0 spiro atoms. The van der Waals surface area contributed by atoms with Gasteiger partial charge in [-0.2, -0.15) is 0 Å². The molecule has 0 amide bonds. The van der Waals surface area contributed by atoms with E-state index in [9.17, 15) is 0 Å². The fourth-order valence-corrected chi connectivity index (χ4v) is 3.12. The van der Waals surface area contributed by atoms with Crippen molar-refractivity contribution in [2.75, 3.05) is 5.32 Å². The molecule has 1 unspecified atom stereocenters. The van der Waals surface area contributed by atoms with E-state index in [0.29, 0.717) is 6.04 Å². The minimum absolute atomic E-state index is 0.511. The van der Waals surface area contributed by atoms with Crippen molar-refractivity contribution in [3.63, 3.8) is 0 Å². The number of nitrogens with one attached hydrogen (secondary N) is 1. The quantitative estimate of drug-likeness (QED) is 0.901. The molecular weight excluding hydrogens is 300 g/mol. The molecule has 98 valence electrons. The fourth-order valence-electron chi connectivity index (χ4n) is 2.72. The maximum absolute atomic E-state index is 4.24. The molecule has 0 radical (unpaired) electrons. The summed E-state index contributed by atoms with van der Waals surface area (Å²) in [5.74, 6) is 0. The second-order valence-electron chi connectivity index (χ2n) is 5.25. The van der Waals surface area contributed by atoms with Crippen molar-refractivity contribution in [1.82, 2.24) is 4.98 Å². The Bertz CT molecular complexity index is 595. The van der Waals surface area contributed by atoms with Gasteiger partial charge in [0, 0.05) is 22.9 Å². The number of halogens is 1. The Labute approximate surface area is 122 Å². The van der Waals surface area contributed by atoms with Gasteiger partial charge in [-0.05, 0) is 61.1 Å². The predicted molar refractivity (Wildman–Crippen MR) is 82.6 cm³/mol. The standard InChI is InChI=1S/C16H17BrN2/c1-11-6-16(10-18-9-11)19-15-5-3-12-7-14(17)4-2-13(12)8-15/h2,4,6-7,9-10,15,19H,3,5,8H2,1H3. The largest absolute Gasteiger partial charge is 0.381 e. The zero-order valence-corrected chi connectivity index (χ0v) is 12.6. The van der Waals surface area contributed by atoms with Crippen LogP contribution < -0.4 is 5.32 Å². The van der Waals surface area contributed by atoms with E-state index < -0.39 is 0 Å². The molecule has 2 aromatic rings. The average molecular weight is 317 g/mol. The molecule has 3 heteroatoms. The number of rotatable bonds is 2. The van der Waals surface area contributed by atoms with Gasteiger partial charge in [0.15, 0.2) is 0 Å². The number of benzene rings is 1. The summed E-state index contributed by atoms with van der Waals surface area (Å²) in [5.41, 5.74) is 5.28. The lowest BCUT2D eigenvalue weighted by atomic mass is 9.88. The topological polar surface area (TPSA) is 24.9 Å². The second kappa shape index (κ2) is 5.33. The average Bonchev–Trinajstić information content (AvgIpc) is 2.39. The second-order valence-corrected chi connectivity index (χ2v) is 6.16. The fraction of sp³-hybridized carbons (Fsp3) is 0.312. The highest BCUT2D eigenvalue weighted by Gasteiger charge is 2.18. The van der Waals surface area contributed by atoms with Crippen molar-refractivity contribution < 1.29 is 0 Å². The lowest BCUT2D eigenvalue weighted by molar-refractivity contribution is 0.610. The van der Waals surface area contributed by atoms with Crippen LogP contribution in [0, 0.1) is 6.92 Å². The number of aryl methyl sites for hydroxylation is 2. The molecule has 1 aromatic carbocycles. The molecule has 0 saturated heterocycles. The molecule has 1 heterocycles. The van der Waals surface area contributed by atoms with Crippen molar-refractivity contribution in [3.05, 3.63) is 57.8 Å². The number of anilines is 1. The van der Waals surface area contributed by atoms with E-state index in [-0.39, 0.29) is 0 Å². The van der Waals surface area contributed by atoms with Crippen molar-refractivity contribution in [2.24, 2.45) is 0 Å². The van der Waals surface area contributed by atoms with Crippen molar-refractivity contribution >= 4 is 21.6 Å². The van der Waals surface area contributed by atoms with Gasteiger partial charge >= 0.3 is 0 Å². The third-order valence-corrected chi connectivity index (χ3v) is 4.14. The number of fused-ring (bicyclic) bond motifs is 1. The third kappa shape index (κ3) is 2.98. The van der Waals surface area contributed by atoms with E-state index in [4.69, 9.17) is 0 Å². The molecule has 1 aliphatic rings. The van der Waals surface area contributed by atoms with Crippen LogP contribution in [0.25, 0.3) is 0 Å². The van der Waals surface area contributed by atoms with Crippen LogP contribution in [-0.4, -0.2) is 11.0 Å². The molecule has 2 nitrogen and oxygen atoms in total. The molecule has 0 saturated carbocycles. The maximum Gasteiger partial charge on any atom is 0.0531 e. The Morgan fingerprint density at radius 1 is 1.21 bits per heavy atom. The highest BCUT2D eigenvalue weighted by atomic mass is 79.9. The summed E-state index contributed by atoms with van der Waals surface area (Å²) in [4.78, 5) is 4.24. The summed E-state index contributed by atoms with van der Waals surface area (Å²) in [7, 11) is 0. The van der Waals surface area contributed by atoms with E-state index in [0.717, 1.165) is 18.5 Å². The number of hydrogen-bond donors (Lipinski definition) is 1. The lowest BCUT2D eigenvalue weighted by Crippen LogP contribution is -2.27. The minimum atomic E-state index is 0.511. The summed E-state index contributed by atoms with van der Waals surface area (Å²) >= 11 is 3.54. The lowest BCUT2D eigenvalue weighted by Gasteiger charge is -2.26. The zero-order valence-electron chi connectivity index (χ0n) is 11.0. The van der Waals surface area contributed by atoms with Gasteiger partial charge in [0.25, 0.3) is 0 Å². The van der Waals surface area contributed by atoms with Crippen LogP contribution in [0.1, 0.15) is 23.1 Å². The molecular formula is C16H17BrN2. The van der Waals surface area contributed by atoms with E-state index >= 15 is 0 Å².